The van der Waals surface area contributed by atoms with Crippen LogP contribution in [0.2, 0.25) is 0 Å². The lowest BCUT2D eigenvalue weighted by Gasteiger charge is -2.19. The molecule has 1 aliphatic heterocycles. The Hall–Kier alpha value is -1.60. The maximum absolute atomic E-state index is 11.5. The van der Waals surface area contributed by atoms with Gasteiger partial charge in [-0.05, 0) is 29.9 Å². The van der Waals surface area contributed by atoms with Gasteiger partial charge in [-0.15, -0.1) is 4.40 Å². The molecule has 1 aliphatic carbocycles. The predicted molar refractivity (Wildman–Crippen MR) is 72.4 cm³/mol. The Morgan fingerprint density at radius 3 is 3.05 bits per heavy atom. The van der Waals surface area contributed by atoms with Crippen molar-refractivity contribution >= 4 is 21.7 Å². The van der Waals surface area contributed by atoms with Crippen LogP contribution in [-0.4, -0.2) is 28.0 Å². The predicted octanol–water partition coefficient (Wildman–Crippen LogP) is 0.812. The third-order valence-electron chi connectivity index (χ3n) is 3.51. The summed E-state index contributed by atoms with van der Waals surface area (Å²) in [6.07, 6.45) is 1.03. The highest BCUT2D eigenvalue weighted by molar-refractivity contribution is 7.91. The maximum Gasteiger partial charge on any atom is 0.344 e. The number of rotatable bonds is 3. The number of nitrogens with zero attached hydrogens (tertiary/aromatic N) is 1. The second-order valence-electron chi connectivity index (χ2n) is 4.88. The number of anilines is 1. The first-order valence-corrected chi connectivity index (χ1v) is 7.46. The van der Waals surface area contributed by atoms with Gasteiger partial charge in [0.1, 0.15) is 5.84 Å². The van der Waals surface area contributed by atoms with Crippen molar-refractivity contribution in [3.8, 4) is 0 Å². The number of hydrogen-bond donors (Lipinski definition) is 2. The fraction of sp³-hybridized carbons (Fsp3) is 0.417. The van der Waals surface area contributed by atoms with Gasteiger partial charge in [-0.1, -0.05) is 12.1 Å². The molecule has 2 atom stereocenters. The van der Waals surface area contributed by atoms with Crippen LogP contribution >= 0.6 is 0 Å². The lowest BCUT2D eigenvalue weighted by Crippen LogP contribution is -2.27. The van der Waals surface area contributed by atoms with E-state index in [1.165, 1.54) is 0 Å². The number of hydrogen-bond acceptors (Lipinski definition) is 4. The number of nitrogens with one attached hydrogen (secondary N) is 1. The molecule has 7 heteroatoms. The number of nitrogens with two attached hydrogens (primary N) is 1. The summed E-state index contributed by atoms with van der Waals surface area (Å²) >= 11 is 0. The van der Waals surface area contributed by atoms with Gasteiger partial charge in [0, 0.05) is 19.3 Å². The van der Waals surface area contributed by atoms with Crippen molar-refractivity contribution in [2.24, 2.45) is 16.0 Å². The highest BCUT2D eigenvalue weighted by Gasteiger charge is 2.41. The molecule has 0 aromatic heterocycles. The van der Waals surface area contributed by atoms with Crippen LogP contribution in [0.1, 0.15) is 23.5 Å². The van der Waals surface area contributed by atoms with Gasteiger partial charge in [0.25, 0.3) is 0 Å². The van der Waals surface area contributed by atoms with Gasteiger partial charge in [0.05, 0.1) is 5.69 Å². The van der Waals surface area contributed by atoms with Crippen LogP contribution in [-0.2, 0) is 14.9 Å². The van der Waals surface area contributed by atoms with E-state index in [1.807, 2.05) is 12.1 Å². The number of amidine groups is 1. The minimum atomic E-state index is -3.70. The van der Waals surface area contributed by atoms with Crippen LogP contribution in [0.3, 0.4) is 0 Å². The molecule has 3 N–H and O–H groups in total. The first-order valence-electron chi connectivity index (χ1n) is 6.02. The smallest absolute Gasteiger partial charge is 0.344 e. The number of benzene rings is 1. The number of ether oxygens (including phenoxy) is 1. The van der Waals surface area contributed by atoms with E-state index in [0.717, 1.165) is 12.0 Å². The largest absolute Gasteiger partial charge is 0.384 e. The second-order valence-corrected chi connectivity index (χ2v) is 6.22. The Morgan fingerprint density at radius 2 is 2.32 bits per heavy atom. The molecular weight excluding hydrogens is 266 g/mol. The SMILES string of the molecule is COC[C@@H]1C[C@H]1c1cccc2c1C(N)=NS(=O)(=O)N2. The fourth-order valence-electron chi connectivity index (χ4n) is 2.61. The third-order valence-corrected chi connectivity index (χ3v) is 4.43. The fourth-order valence-corrected chi connectivity index (χ4v) is 3.46. The minimum Gasteiger partial charge on any atom is -0.384 e. The molecule has 0 radical (unpaired) electrons. The molecular formula is C12H15N3O3S. The molecule has 19 heavy (non-hydrogen) atoms. The highest BCUT2D eigenvalue weighted by Crippen LogP contribution is 2.49. The molecule has 0 bridgehead atoms. The average Bonchev–Trinajstić information content (AvgIpc) is 3.06. The molecule has 0 saturated heterocycles. The van der Waals surface area contributed by atoms with Crippen molar-refractivity contribution in [3.05, 3.63) is 29.3 Å². The van der Waals surface area contributed by atoms with Crippen LogP contribution in [0.25, 0.3) is 0 Å². The summed E-state index contributed by atoms with van der Waals surface area (Å²) in [5.41, 5.74) is 8.07. The summed E-state index contributed by atoms with van der Waals surface area (Å²) < 4.78 is 34.1. The molecule has 1 aromatic rings. The lowest BCUT2D eigenvalue weighted by atomic mass is 9.99. The van der Waals surface area contributed by atoms with E-state index < -0.39 is 10.2 Å². The molecule has 0 unspecified atom stereocenters. The molecule has 0 amide bonds. The number of fused-ring (bicyclic) bond motifs is 1. The Labute approximate surface area is 111 Å². The highest BCUT2D eigenvalue weighted by atomic mass is 32.2. The monoisotopic (exact) mass is 281 g/mol. The third kappa shape index (κ3) is 2.19. The second kappa shape index (κ2) is 4.21. The Bertz CT molecular complexity index is 654. The van der Waals surface area contributed by atoms with Crippen molar-refractivity contribution in [1.82, 2.24) is 0 Å². The van der Waals surface area contributed by atoms with Crippen LogP contribution in [0, 0.1) is 5.92 Å². The van der Waals surface area contributed by atoms with E-state index >= 15 is 0 Å². The summed E-state index contributed by atoms with van der Waals surface area (Å²) in [6, 6.07) is 5.50. The zero-order valence-corrected chi connectivity index (χ0v) is 11.3. The summed E-state index contributed by atoms with van der Waals surface area (Å²) in [6.45, 7) is 0.705. The first kappa shape index (κ1) is 12.4. The summed E-state index contributed by atoms with van der Waals surface area (Å²) in [5, 5.41) is 0. The van der Waals surface area contributed by atoms with E-state index in [9.17, 15) is 8.42 Å². The molecule has 1 heterocycles. The van der Waals surface area contributed by atoms with E-state index in [0.29, 0.717) is 29.7 Å². The van der Waals surface area contributed by atoms with Gasteiger partial charge in [0.2, 0.25) is 0 Å². The Balaban J connectivity index is 2.02. The van der Waals surface area contributed by atoms with Gasteiger partial charge in [0.15, 0.2) is 0 Å². The molecule has 0 spiro atoms. The summed E-state index contributed by atoms with van der Waals surface area (Å²) in [7, 11) is -2.02. The van der Waals surface area contributed by atoms with Crippen molar-refractivity contribution in [3.63, 3.8) is 0 Å². The van der Waals surface area contributed by atoms with E-state index in [1.54, 1.807) is 13.2 Å². The first-order chi connectivity index (χ1) is 9.02. The van der Waals surface area contributed by atoms with Crippen LogP contribution in [0.15, 0.2) is 22.6 Å². The zero-order chi connectivity index (χ0) is 13.6. The quantitative estimate of drug-likeness (QED) is 0.857. The van der Waals surface area contributed by atoms with Crippen LogP contribution < -0.4 is 10.5 Å². The Kier molecular flexibility index (Phi) is 2.75. The van der Waals surface area contributed by atoms with Gasteiger partial charge >= 0.3 is 10.2 Å². The van der Waals surface area contributed by atoms with Gasteiger partial charge in [-0.25, -0.2) is 0 Å². The van der Waals surface area contributed by atoms with Crippen molar-refractivity contribution in [1.29, 1.82) is 0 Å². The molecule has 1 fully saturated rings. The van der Waals surface area contributed by atoms with Gasteiger partial charge in [-0.2, -0.15) is 8.42 Å². The minimum absolute atomic E-state index is 0.0624. The van der Waals surface area contributed by atoms with Crippen molar-refractivity contribution in [2.75, 3.05) is 18.4 Å². The molecule has 1 aromatic carbocycles. The molecule has 102 valence electrons. The average molecular weight is 281 g/mol. The standard InChI is InChI=1S/C12H15N3O3S/c1-18-6-7-5-9(7)8-3-2-4-10-11(8)12(13)15-19(16,17)14-10/h2-4,7,9,14H,5-6H2,1H3,(H2,13,15)/t7-,9+/m0/s1. The molecule has 6 nitrogen and oxygen atoms in total. The van der Waals surface area contributed by atoms with E-state index in [-0.39, 0.29) is 5.84 Å². The van der Waals surface area contributed by atoms with E-state index in [4.69, 9.17) is 10.5 Å². The molecule has 1 saturated carbocycles. The molecule has 3 rings (SSSR count). The van der Waals surface area contributed by atoms with Crippen LogP contribution in [0.4, 0.5) is 5.69 Å². The van der Waals surface area contributed by atoms with E-state index in [2.05, 4.69) is 9.12 Å². The normalized spacial score (nSPS) is 27.1. The van der Waals surface area contributed by atoms with Crippen LogP contribution in [0.5, 0.6) is 0 Å². The maximum atomic E-state index is 11.5. The van der Waals surface area contributed by atoms with Gasteiger partial charge < -0.3 is 10.5 Å². The number of methoxy groups -OCH3 is 1. The summed E-state index contributed by atoms with van der Waals surface area (Å²) in [4.78, 5) is 0. The van der Waals surface area contributed by atoms with Crippen molar-refractivity contribution in [2.45, 2.75) is 12.3 Å². The van der Waals surface area contributed by atoms with Gasteiger partial charge in [-0.3, -0.25) is 4.72 Å². The Morgan fingerprint density at radius 1 is 1.53 bits per heavy atom. The summed E-state index contributed by atoms with van der Waals surface area (Å²) in [5.74, 6) is 0.904. The van der Waals surface area contributed by atoms with Crippen molar-refractivity contribution < 1.29 is 13.2 Å². The molecule has 2 aliphatic rings. The lowest BCUT2D eigenvalue weighted by molar-refractivity contribution is 0.184. The zero-order valence-electron chi connectivity index (χ0n) is 10.5. The topological polar surface area (TPSA) is 93.8 Å².